The van der Waals surface area contributed by atoms with Crippen LogP contribution in [-0.4, -0.2) is 21.0 Å². The Hall–Kier alpha value is -2.15. The van der Waals surface area contributed by atoms with E-state index in [0.717, 1.165) is 11.1 Å². The number of hydrogen-bond donors (Lipinski definition) is 2. The Labute approximate surface area is 227 Å². The fourth-order valence-electron chi connectivity index (χ4n) is 4.54. The maximum absolute atomic E-state index is 13.2. The molecule has 10 heteroatoms. The number of rotatable bonds is 4. The molecule has 5 nitrogen and oxygen atoms in total. The largest absolute Gasteiger partial charge is 0.399 e. The summed E-state index contributed by atoms with van der Waals surface area (Å²) in [6, 6.07) is 15.3. The molecule has 0 aromatic heterocycles. The molecule has 2 atom stereocenters. The number of nitrogens with two attached hydrogens (primary N) is 1. The monoisotopic (exact) mass is 567 g/mol. The molecule has 35 heavy (non-hydrogen) atoms. The minimum Gasteiger partial charge on any atom is -0.399 e. The van der Waals surface area contributed by atoms with Gasteiger partial charge in [-0.3, -0.25) is 9.59 Å². The summed E-state index contributed by atoms with van der Waals surface area (Å²) in [5.74, 6) is -1.84. The van der Waals surface area contributed by atoms with Gasteiger partial charge in [0.15, 0.2) is 0 Å². The minimum absolute atomic E-state index is 0.247. The first-order valence-corrected chi connectivity index (χ1v) is 12.5. The molecule has 3 aromatic rings. The van der Waals surface area contributed by atoms with Crippen molar-refractivity contribution >= 4 is 81.2 Å². The third kappa shape index (κ3) is 4.68. The molecule has 0 unspecified atom stereocenters. The van der Waals surface area contributed by atoms with Gasteiger partial charge >= 0.3 is 0 Å². The van der Waals surface area contributed by atoms with Gasteiger partial charge in [0.25, 0.3) is 5.91 Å². The predicted octanol–water partition coefficient (Wildman–Crippen LogP) is 6.91. The summed E-state index contributed by atoms with van der Waals surface area (Å²) in [6.45, 7) is 0.882. The Bertz CT molecular complexity index is 1360. The van der Waals surface area contributed by atoms with Crippen LogP contribution in [-0.2, 0) is 17.9 Å². The van der Waals surface area contributed by atoms with Gasteiger partial charge in [-0.2, -0.15) is 0 Å². The van der Waals surface area contributed by atoms with Gasteiger partial charge in [0.1, 0.15) is 4.33 Å². The van der Waals surface area contributed by atoms with E-state index in [4.69, 9.17) is 63.7 Å². The van der Waals surface area contributed by atoms with Crippen LogP contribution in [0, 0.1) is 5.92 Å². The van der Waals surface area contributed by atoms with Gasteiger partial charge in [0.2, 0.25) is 5.91 Å². The zero-order valence-corrected chi connectivity index (χ0v) is 21.8. The first-order valence-electron chi connectivity index (χ1n) is 10.7. The third-order valence-corrected chi connectivity index (χ3v) is 7.99. The Balaban J connectivity index is 1.33. The van der Waals surface area contributed by atoms with E-state index in [-0.39, 0.29) is 22.4 Å². The van der Waals surface area contributed by atoms with Gasteiger partial charge in [-0.15, -0.1) is 23.2 Å². The average Bonchev–Trinajstić information content (AvgIpc) is 3.14. The van der Waals surface area contributed by atoms with Crippen molar-refractivity contribution in [3.8, 4) is 0 Å². The number of nitrogen functional groups attached to an aromatic ring is 1. The van der Waals surface area contributed by atoms with Crippen LogP contribution in [0.3, 0.4) is 0 Å². The molecule has 5 rings (SSSR count). The van der Waals surface area contributed by atoms with E-state index < -0.39 is 16.2 Å². The molecule has 1 aliphatic carbocycles. The van der Waals surface area contributed by atoms with E-state index in [1.165, 1.54) is 0 Å². The highest BCUT2D eigenvalue weighted by Gasteiger charge is 2.67. The summed E-state index contributed by atoms with van der Waals surface area (Å²) < 4.78 is -1.31. The summed E-state index contributed by atoms with van der Waals surface area (Å²) in [7, 11) is 0. The van der Waals surface area contributed by atoms with Crippen molar-refractivity contribution in [1.82, 2.24) is 4.90 Å². The minimum atomic E-state index is -1.31. The highest BCUT2D eigenvalue weighted by molar-refractivity contribution is 6.53. The number of carbonyl (C=O) groups excluding carboxylic acids is 2. The van der Waals surface area contributed by atoms with E-state index in [9.17, 15) is 9.59 Å². The van der Waals surface area contributed by atoms with Crippen LogP contribution in [0.1, 0.15) is 33.0 Å². The molecule has 0 saturated heterocycles. The number of anilines is 2. The van der Waals surface area contributed by atoms with Crippen molar-refractivity contribution in [3.05, 3.63) is 91.9 Å². The highest BCUT2D eigenvalue weighted by atomic mass is 35.5. The summed E-state index contributed by atoms with van der Waals surface area (Å²) in [5.41, 5.74) is 9.91. The zero-order chi connectivity index (χ0) is 25.1. The lowest BCUT2D eigenvalue weighted by atomic mass is 10.1. The lowest BCUT2D eigenvalue weighted by molar-refractivity contribution is -0.117. The normalized spacial score (nSPS) is 19.9. The van der Waals surface area contributed by atoms with Gasteiger partial charge in [0.05, 0.1) is 16.5 Å². The van der Waals surface area contributed by atoms with Gasteiger partial charge in [-0.1, -0.05) is 40.9 Å². The summed E-state index contributed by atoms with van der Waals surface area (Å²) in [4.78, 5) is 28.0. The van der Waals surface area contributed by atoms with Crippen molar-refractivity contribution in [3.63, 3.8) is 0 Å². The molecule has 0 radical (unpaired) electrons. The first-order chi connectivity index (χ1) is 16.5. The maximum Gasteiger partial charge on any atom is 0.256 e. The van der Waals surface area contributed by atoms with Crippen LogP contribution in [0.25, 0.3) is 0 Å². The van der Waals surface area contributed by atoms with Crippen molar-refractivity contribution in [2.24, 2.45) is 5.92 Å². The van der Waals surface area contributed by atoms with Crippen LogP contribution in [0.2, 0.25) is 15.1 Å². The van der Waals surface area contributed by atoms with E-state index >= 15 is 0 Å². The van der Waals surface area contributed by atoms with Gasteiger partial charge in [-0.25, -0.2) is 0 Å². The van der Waals surface area contributed by atoms with Crippen molar-refractivity contribution in [1.29, 1.82) is 0 Å². The molecule has 2 amide bonds. The Morgan fingerprint density at radius 3 is 2.31 bits per heavy atom. The summed E-state index contributed by atoms with van der Waals surface area (Å²) in [6.07, 6.45) is 0. The highest BCUT2D eigenvalue weighted by Crippen LogP contribution is 2.65. The van der Waals surface area contributed by atoms with Crippen molar-refractivity contribution in [2.75, 3.05) is 11.1 Å². The number of alkyl halides is 2. The molecule has 0 bridgehead atoms. The van der Waals surface area contributed by atoms with E-state index in [1.807, 2.05) is 18.2 Å². The Morgan fingerprint density at radius 1 is 0.914 bits per heavy atom. The molecular weight excluding hydrogens is 552 g/mol. The molecule has 0 spiro atoms. The lowest BCUT2D eigenvalue weighted by Gasteiger charge is -2.17. The number of carbonyl (C=O) groups is 2. The van der Waals surface area contributed by atoms with E-state index in [1.54, 1.807) is 41.3 Å². The van der Waals surface area contributed by atoms with Crippen molar-refractivity contribution in [2.45, 2.75) is 23.3 Å². The number of fused-ring (bicyclic) bond motifs is 1. The van der Waals surface area contributed by atoms with E-state index in [2.05, 4.69) is 5.32 Å². The van der Waals surface area contributed by atoms with E-state index in [0.29, 0.717) is 40.1 Å². The second-order valence-electron chi connectivity index (χ2n) is 8.71. The summed E-state index contributed by atoms with van der Waals surface area (Å²) in [5, 5.41) is 3.94. The lowest BCUT2D eigenvalue weighted by Crippen LogP contribution is -2.26. The van der Waals surface area contributed by atoms with Gasteiger partial charge in [0, 0.05) is 40.4 Å². The quantitative estimate of drug-likeness (QED) is 0.265. The zero-order valence-electron chi connectivity index (χ0n) is 18.0. The fourth-order valence-corrected chi connectivity index (χ4v) is 6.11. The molecule has 1 heterocycles. The maximum atomic E-state index is 13.2. The molecule has 1 fully saturated rings. The van der Waals surface area contributed by atoms with Crippen LogP contribution >= 0.6 is 58.0 Å². The number of benzene rings is 3. The predicted molar refractivity (Wildman–Crippen MR) is 142 cm³/mol. The Kier molecular flexibility index (Phi) is 6.35. The second-order valence-corrected chi connectivity index (χ2v) is 11.4. The van der Waals surface area contributed by atoms with Crippen LogP contribution in [0.5, 0.6) is 0 Å². The summed E-state index contributed by atoms with van der Waals surface area (Å²) >= 11 is 31.4. The van der Waals surface area contributed by atoms with Crippen LogP contribution in [0.15, 0.2) is 54.6 Å². The molecular formula is C25H18Cl5N3O2. The second kappa shape index (κ2) is 9.06. The average molecular weight is 570 g/mol. The van der Waals surface area contributed by atoms with Crippen LogP contribution < -0.4 is 11.1 Å². The molecule has 180 valence electrons. The molecule has 1 aliphatic heterocycles. The SMILES string of the molecule is Nc1ccc2c(c1)CN(C(=O)c1cc(NC(=O)[C@H]3[C@H](c4cc(Cl)cc(Cl)c4)C3(Cl)Cl)ccc1Cl)C2. The fraction of sp³-hybridized carbons (Fsp3) is 0.200. The smallest absolute Gasteiger partial charge is 0.256 e. The number of nitrogens with one attached hydrogen (secondary N) is 1. The number of halogens is 5. The molecule has 1 saturated carbocycles. The molecule has 2 aliphatic rings. The molecule has 3 N–H and O–H groups in total. The van der Waals surface area contributed by atoms with Gasteiger partial charge in [-0.05, 0) is 65.2 Å². The third-order valence-electron chi connectivity index (χ3n) is 6.28. The number of amides is 2. The van der Waals surface area contributed by atoms with Crippen molar-refractivity contribution < 1.29 is 9.59 Å². The standard InChI is InChI=1S/C25H18Cl5N3O2/c26-15-5-13(6-16(27)8-15)21-22(25(21,29)30)23(34)32-18-3-4-20(28)19(9-18)24(35)33-10-12-1-2-17(31)7-14(12)11-33/h1-9,21-22H,10-11,31H2,(H,32,34)/t21-,22+/m0/s1. The number of nitrogens with zero attached hydrogens (tertiary/aromatic N) is 1. The van der Waals surface area contributed by atoms with Crippen LogP contribution in [0.4, 0.5) is 11.4 Å². The first kappa shape index (κ1) is 24.5. The molecule has 3 aromatic carbocycles. The Morgan fingerprint density at radius 2 is 1.60 bits per heavy atom. The van der Waals surface area contributed by atoms with Gasteiger partial charge < -0.3 is 16.0 Å². The number of hydrogen-bond acceptors (Lipinski definition) is 3. The topological polar surface area (TPSA) is 75.4 Å².